The molecule has 80 valence electrons. The normalized spacial score (nSPS) is 21.8. The Hall–Kier alpha value is -0.720. The second-order valence-electron chi connectivity index (χ2n) is 4.14. The zero-order valence-corrected chi connectivity index (χ0v) is 9.21. The van der Waals surface area contributed by atoms with Crippen molar-refractivity contribution >= 4 is 0 Å². The fourth-order valence-corrected chi connectivity index (χ4v) is 1.84. The Balaban J connectivity index is 2.03. The minimum absolute atomic E-state index is 0.501. The lowest BCUT2D eigenvalue weighted by Gasteiger charge is -1.98. The third-order valence-corrected chi connectivity index (χ3v) is 2.75. The Kier molecular flexibility index (Phi) is 5.43. The molecule has 0 aromatic carbocycles. The fourth-order valence-electron chi connectivity index (χ4n) is 1.84. The minimum atomic E-state index is 0.501. The molecular weight excluding hydrogens is 172 g/mol. The van der Waals surface area contributed by atoms with Crippen LogP contribution in [0.2, 0.25) is 0 Å². The molecule has 0 aromatic heterocycles. The van der Waals surface area contributed by atoms with E-state index in [0.29, 0.717) is 11.7 Å². The molecule has 0 spiro atoms. The highest BCUT2D eigenvalue weighted by Gasteiger charge is 2.10. The van der Waals surface area contributed by atoms with Gasteiger partial charge in [-0.05, 0) is 31.3 Å². The number of rotatable bonds is 6. The predicted octanol–water partition coefficient (Wildman–Crippen LogP) is 4.36. The first kappa shape index (κ1) is 11.4. The van der Waals surface area contributed by atoms with Gasteiger partial charge in [0.15, 0.2) is 0 Å². The van der Waals surface area contributed by atoms with E-state index in [1.807, 2.05) is 6.08 Å². The Morgan fingerprint density at radius 2 is 2.29 bits per heavy atom. The quantitative estimate of drug-likeness (QED) is 0.492. The summed E-state index contributed by atoms with van der Waals surface area (Å²) in [6.07, 6.45) is 15.0. The second kappa shape index (κ2) is 6.69. The van der Waals surface area contributed by atoms with Gasteiger partial charge in [0, 0.05) is 6.42 Å². The molecule has 0 heterocycles. The molecule has 14 heavy (non-hydrogen) atoms. The van der Waals surface area contributed by atoms with Crippen LogP contribution < -0.4 is 0 Å². The van der Waals surface area contributed by atoms with Crippen molar-refractivity contribution in [1.29, 1.82) is 0 Å². The molecule has 0 saturated carbocycles. The van der Waals surface area contributed by atoms with Gasteiger partial charge in [-0.2, -0.15) is 0 Å². The maximum absolute atomic E-state index is 9.20. The second-order valence-corrected chi connectivity index (χ2v) is 4.14. The fraction of sp³-hybridized carbons (Fsp3) is 0.692. The summed E-state index contributed by atoms with van der Waals surface area (Å²) < 4.78 is 0. The summed E-state index contributed by atoms with van der Waals surface area (Å²) in [4.78, 5) is 0. The van der Waals surface area contributed by atoms with E-state index in [1.165, 1.54) is 32.1 Å². The SMILES string of the molecule is CCCCCC/C=C/C1C=C(O)CC1. The minimum Gasteiger partial charge on any atom is -0.513 e. The van der Waals surface area contributed by atoms with E-state index in [0.717, 1.165) is 12.8 Å². The molecule has 1 aliphatic rings. The van der Waals surface area contributed by atoms with Crippen molar-refractivity contribution in [3.63, 3.8) is 0 Å². The first-order valence-corrected chi connectivity index (χ1v) is 5.89. The largest absolute Gasteiger partial charge is 0.513 e. The zero-order valence-electron chi connectivity index (χ0n) is 9.21. The average molecular weight is 194 g/mol. The molecule has 0 fully saturated rings. The summed E-state index contributed by atoms with van der Waals surface area (Å²) in [7, 11) is 0. The summed E-state index contributed by atoms with van der Waals surface area (Å²) in [5.74, 6) is 1.08. The van der Waals surface area contributed by atoms with Crippen LogP contribution in [0.5, 0.6) is 0 Å². The molecule has 1 unspecified atom stereocenters. The predicted molar refractivity (Wildman–Crippen MR) is 61.3 cm³/mol. The number of hydrogen-bond donors (Lipinski definition) is 1. The lowest BCUT2D eigenvalue weighted by molar-refractivity contribution is 0.397. The summed E-state index contributed by atoms with van der Waals surface area (Å²) in [6, 6.07) is 0. The van der Waals surface area contributed by atoms with Crippen molar-refractivity contribution in [2.24, 2.45) is 5.92 Å². The topological polar surface area (TPSA) is 20.2 Å². The first-order valence-electron chi connectivity index (χ1n) is 5.89. The molecule has 0 amide bonds. The van der Waals surface area contributed by atoms with Gasteiger partial charge in [-0.25, -0.2) is 0 Å². The van der Waals surface area contributed by atoms with Gasteiger partial charge in [-0.1, -0.05) is 38.3 Å². The molecule has 0 aliphatic heterocycles. The van der Waals surface area contributed by atoms with E-state index in [4.69, 9.17) is 0 Å². The van der Waals surface area contributed by atoms with Crippen LogP contribution >= 0.6 is 0 Å². The van der Waals surface area contributed by atoms with Crippen molar-refractivity contribution in [1.82, 2.24) is 0 Å². The lowest BCUT2D eigenvalue weighted by atomic mass is 10.1. The molecule has 0 bridgehead atoms. The Morgan fingerprint density at radius 3 is 2.93 bits per heavy atom. The van der Waals surface area contributed by atoms with E-state index in [1.54, 1.807) is 0 Å². The van der Waals surface area contributed by atoms with Crippen LogP contribution in [-0.2, 0) is 0 Å². The van der Waals surface area contributed by atoms with Crippen molar-refractivity contribution in [3.8, 4) is 0 Å². The standard InChI is InChI=1S/C13H22O/c1-2-3-4-5-6-7-8-12-9-10-13(14)11-12/h7-8,11-12,14H,2-6,9-10H2,1H3/b8-7+. The molecule has 1 nitrogen and oxygen atoms in total. The molecule has 0 saturated heterocycles. The number of aliphatic hydroxyl groups is 1. The van der Waals surface area contributed by atoms with Gasteiger partial charge in [0.05, 0.1) is 5.76 Å². The summed E-state index contributed by atoms with van der Waals surface area (Å²) in [6.45, 7) is 2.24. The molecule has 1 aliphatic carbocycles. The van der Waals surface area contributed by atoms with Crippen LogP contribution in [0.15, 0.2) is 24.0 Å². The molecule has 0 radical (unpaired) electrons. The van der Waals surface area contributed by atoms with Crippen molar-refractivity contribution in [2.45, 2.75) is 51.9 Å². The van der Waals surface area contributed by atoms with Crippen LogP contribution in [0.3, 0.4) is 0 Å². The molecule has 1 rings (SSSR count). The summed E-state index contributed by atoms with van der Waals surface area (Å²) >= 11 is 0. The number of hydrogen-bond acceptors (Lipinski definition) is 1. The highest BCUT2D eigenvalue weighted by molar-refractivity contribution is 5.10. The van der Waals surface area contributed by atoms with Crippen LogP contribution in [0.4, 0.5) is 0 Å². The van der Waals surface area contributed by atoms with Gasteiger partial charge < -0.3 is 5.11 Å². The lowest BCUT2D eigenvalue weighted by Crippen LogP contribution is -1.83. The number of allylic oxidation sites excluding steroid dienone is 4. The van der Waals surface area contributed by atoms with Gasteiger partial charge in [-0.3, -0.25) is 0 Å². The summed E-state index contributed by atoms with van der Waals surface area (Å²) in [5.41, 5.74) is 0. The monoisotopic (exact) mass is 194 g/mol. The van der Waals surface area contributed by atoms with E-state index in [9.17, 15) is 5.11 Å². The van der Waals surface area contributed by atoms with E-state index in [2.05, 4.69) is 19.1 Å². The van der Waals surface area contributed by atoms with Crippen LogP contribution in [0.25, 0.3) is 0 Å². The third kappa shape index (κ3) is 4.50. The zero-order chi connectivity index (χ0) is 10.2. The van der Waals surface area contributed by atoms with Crippen molar-refractivity contribution < 1.29 is 5.11 Å². The summed E-state index contributed by atoms with van der Waals surface area (Å²) in [5, 5.41) is 9.20. The smallest absolute Gasteiger partial charge is 0.0889 e. The van der Waals surface area contributed by atoms with Crippen molar-refractivity contribution in [2.75, 3.05) is 0 Å². The maximum Gasteiger partial charge on any atom is 0.0889 e. The van der Waals surface area contributed by atoms with Gasteiger partial charge in [-0.15, -0.1) is 0 Å². The molecular formula is C13H22O. The average Bonchev–Trinajstić information content (AvgIpc) is 2.58. The van der Waals surface area contributed by atoms with Gasteiger partial charge in [0.1, 0.15) is 0 Å². The Bertz CT molecular complexity index is 203. The number of aliphatic hydroxyl groups excluding tert-OH is 1. The molecule has 1 heteroatoms. The molecule has 1 atom stereocenters. The van der Waals surface area contributed by atoms with Crippen LogP contribution in [0.1, 0.15) is 51.9 Å². The molecule has 1 N–H and O–H groups in total. The van der Waals surface area contributed by atoms with E-state index in [-0.39, 0.29) is 0 Å². The van der Waals surface area contributed by atoms with Gasteiger partial charge >= 0.3 is 0 Å². The Labute approximate surface area is 87.5 Å². The number of unbranched alkanes of at least 4 members (excludes halogenated alkanes) is 4. The van der Waals surface area contributed by atoms with Gasteiger partial charge in [0.2, 0.25) is 0 Å². The maximum atomic E-state index is 9.20. The molecule has 0 aromatic rings. The van der Waals surface area contributed by atoms with Crippen LogP contribution in [0, 0.1) is 5.92 Å². The first-order chi connectivity index (χ1) is 6.83. The highest BCUT2D eigenvalue weighted by Crippen LogP contribution is 2.23. The van der Waals surface area contributed by atoms with Crippen molar-refractivity contribution in [3.05, 3.63) is 24.0 Å². The van der Waals surface area contributed by atoms with E-state index < -0.39 is 0 Å². The van der Waals surface area contributed by atoms with E-state index >= 15 is 0 Å². The van der Waals surface area contributed by atoms with Crippen LogP contribution in [-0.4, -0.2) is 5.11 Å². The third-order valence-electron chi connectivity index (χ3n) is 2.75. The van der Waals surface area contributed by atoms with Gasteiger partial charge in [0.25, 0.3) is 0 Å². The highest BCUT2D eigenvalue weighted by atomic mass is 16.3. The Morgan fingerprint density at radius 1 is 1.43 bits per heavy atom.